The molecule has 1 saturated heterocycles. The van der Waals surface area contributed by atoms with Crippen molar-refractivity contribution >= 4 is 23.2 Å². The van der Waals surface area contributed by atoms with Crippen molar-refractivity contribution in [3.63, 3.8) is 0 Å². The molecule has 1 aromatic carbocycles. The zero-order valence-corrected chi connectivity index (χ0v) is 15.1. The molecule has 0 bridgehead atoms. The van der Waals surface area contributed by atoms with E-state index in [-0.39, 0.29) is 24.4 Å². The minimum atomic E-state index is -0.218. The molecule has 1 aliphatic heterocycles. The third-order valence-electron chi connectivity index (χ3n) is 4.03. The van der Waals surface area contributed by atoms with E-state index in [1.165, 1.54) is 10.9 Å². The second-order valence-corrected chi connectivity index (χ2v) is 6.18. The van der Waals surface area contributed by atoms with Crippen LogP contribution in [0.25, 0.3) is 0 Å². The molecular formula is C18H23N5O4. The van der Waals surface area contributed by atoms with Gasteiger partial charge in [0.2, 0.25) is 11.8 Å². The first-order valence-electron chi connectivity index (χ1n) is 8.70. The van der Waals surface area contributed by atoms with E-state index in [1.54, 1.807) is 37.6 Å². The van der Waals surface area contributed by atoms with Gasteiger partial charge in [-0.3, -0.25) is 14.3 Å². The van der Waals surface area contributed by atoms with Gasteiger partial charge in [0.25, 0.3) is 0 Å². The molecule has 1 atom stereocenters. The molecule has 2 aromatic rings. The van der Waals surface area contributed by atoms with Gasteiger partial charge in [-0.2, -0.15) is 5.10 Å². The number of morpholine rings is 1. The molecule has 3 N–H and O–H groups in total. The Hall–Kier alpha value is -2.91. The molecule has 9 heteroatoms. The molecule has 1 unspecified atom stereocenters. The first kappa shape index (κ1) is 18.9. The maximum absolute atomic E-state index is 12.1. The number of aromatic nitrogens is 2. The van der Waals surface area contributed by atoms with Crippen LogP contribution in [-0.4, -0.2) is 54.5 Å². The molecule has 3 rings (SSSR count). The van der Waals surface area contributed by atoms with Gasteiger partial charge >= 0.3 is 0 Å². The molecule has 1 aliphatic rings. The summed E-state index contributed by atoms with van der Waals surface area (Å²) in [6.07, 6.45) is 3.46. The predicted molar refractivity (Wildman–Crippen MR) is 99.7 cm³/mol. The fourth-order valence-electron chi connectivity index (χ4n) is 2.72. The summed E-state index contributed by atoms with van der Waals surface area (Å²) < 4.78 is 11.9. The molecule has 2 amide bonds. The van der Waals surface area contributed by atoms with Crippen LogP contribution in [0.4, 0.5) is 11.4 Å². The van der Waals surface area contributed by atoms with Crippen molar-refractivity contribution in [1.82, 2.24) is 15.1 Å². The second-order valence-electron chi connectivity index (χ2n) is 6.18. The van der Waals surface area contributed by atoms with Crippen molar-refractivity contribution in [3.8, 4) is 5.75 Å². The maximum Gasteiger partial charge on any atom is 0.246 e. The molecule has 1 aromatic heterocycles. The van der Waals surface area contributed by atoms with E-state index in [0.717, 1.165) is 12.3 Å². The number of nitrogens with one attached hydrogen (secondary N) is 3. The quantitative estimate of drug-likeness (QED) is 0.664. The molecule has 1 fully saturated rings. The fourth-order valence-corrected chi connectivity index (χ4v) is 2.72. The molecule has 2 heterocycles. The van der Waals surface area contributed by atoms with Crippen LogP contribution in [0.1, 0.15) is 6.42 Å². The molecule has 144 valence electrons. The molecule has 9 nitrogen and oxygen atoms in total. The van der Waals surface area contributed by atoms with Gasteiger partial charge in [-0.25, -0.2) is 0 Å². The number of amides is 2. The molecule has 0 spiro atoms. The Morgan fingerprint density at radius 3 is 2.74 bits per heavy atom. The normalized spacial score (nSPS) is 16.6. The summed E-state index contributed by atoms with van der Waals surface area (Å²) in [6, 6.07) is 7.07. The Bertz CT molecular complexity index is 768. The minimum absolute atomic E-state index is 0.0177. The van der Waals surface area contributed by atoms with Crippen molar-refractivity contribution in [2.75, 3.05) is 37.5 Å². The van der Waals surface area contributed by atoms with Gasteiger partial charge in [0.05, 0.1) is 32.2 Å². The van der Waals surface area contributed by atoms with E-state index >= 15 is 0 Å². The maximum atomic E-state index is 12.1. The lowest BCUT2D eigenvalue weighted by Gasteiger charge is -2.23. The van der Waals surface area contributed by atoms with Crippen LogP contribution in [0.2, 0.25) is 0 Å². The van der Waals surface area contributed by atoms with Crippen molar-refractivity contribution in [2.24, 2.45) is 0 Å². The highest BCUT2D eigenvalue weighted by atomic mass is 16.5. The topological polar surface area (TPSA) is 107 Å². The lowest BCUT2D eigenvalue weighted by Crippen LogP contribution is -2.43. The molecule has 0 radical (unpaired) electrons. The van der Waals surface area contributed by atoms with Gasteiger partial charge in [0, 0.05) is 30.9 Å². The van der Waals surface area contributed by atoms with Gasteiger partial charge in [-0.1, -0.05) is 0 Å². The number of benzene rings is 1. The van der Waals surface area contributed by atoms with Crippen LogP contribution in [0, 0.1) is 0 Å². The Morgan fingerprint density at radius 1 is 1.26 bits per heavy atom. The monoisotopic (exact) mass is 373 g/mol. The Kier molecular flexibility index (Phi) is 6.39. The summed E-state index contributed by atoms with van der Waals surface area (Å²) in [5.41, 5.74) is 1.22. The van der Waals surface area contributed by atoms with Crippen LogP contribution in [0.3, 0.4) is 0 Å². The van der Waals surface area contributed by atoms with Gasteiger partial charge in [-0.15, -0.1) is 0 Å². The average Bonchev–Trinajstić information content (AvgIpc) is 3.09. The smallest absolute Gasteiger partial charge is 0.246 e. The third-order valence-corrected chi connectivity index (χ3v) is 4.03. The van der Waals surface area contributed by atoms with Crippen LogP contribution in [0.15, 0.2) is 36.7 Å². The number of rotatable bonds is 7. The standard InChI is InChI=1S/C18H23N5O4/c1-26-16-4-2-13(3-5-16)21-18(25)11-23-10-15(9-20-23)22-17(24)8-14-12-27-7-6-19-14/h2-5,9-10,14,19H,6-8,11-12H2,1H3,(H,21,25)(H,22,24). The summed E-state index contributed by atoms with van der Waals surface area (Å²) in [7, 11) is 1.58. The minimum Gasteiger partial charge on any atom is -0.497 e. The Balaban J connectivity index is 1.46. The van der Waals surface area contributed by atoms with Gasteiger partial charge in [-0.05, 0) is 24.3 Å². The van der Waals surface area contributed by atoms with Crippen molar-refractivity contribution in [1.29, 1.82) is 0 Å². The van der Waals surface area contributed by atoms with Gasteiger partial charge < -0.3 is 25.4 Å². The molecule has 27 heavy (non-hydrogen) atoms. The summed E-state index contributed by atoms with van der Waals surface area (Å²) in [5, 5.41) is 12.9. The summed E-state index contributed by atoms with van der Waals surface area (Å²) >= 11 is 0. The van der Waals surface area contributed by atoms with Crippen molar-refractivity contribution in [2.45, 2.75) is 19.0 Å². The number of carbonyl (C=O) groups is 2. The lowest BCUT2D eigenvalue weighted by atomic mass is 10.2. The highest BCUT2D eigenvalue weighted by molar-refractivity contribution is 5.91. The molecule has 0 aliphatic carbocycles. The number of anilines is 2. The number of ether oxygens (including phenoxy) is 2. The zero-order valence-electron chi connectivity index (χ0n) is 15.1. The van der Waals surface area contributed by atoms with Crippen molar-refractivity contribution < 1.29 is 19.1 Å². The van der Waals surface area contributed by atoms with Crippen LogP contribution >= 0.6 is 0 Å². The zero-order chi connectivity index (χ0) is 19.1. The fraction of sp³-hybridized carbons (Fsp3) is 0.389. The van der Waals surface area contributed by atoms with E-state index < -0.39 is 0 Å². The second kappa shape index (κ2) is 9.15. The number of hydrogen-bond donors (Lipinski definition) is 3. The lowest BCUT2D eigenvalue weighted by molar-refractivity contribution is -0.117. The first-order chi connectivity index (χ1) is 13.1. The first-order valence-corrected chi connectivity index (χ1v) is 8.70. The summed E-state index contributed by atoms with van der Waals surface area (Å²) in [5.74, 6) is 0.375. The number of methoxy groups -OCH3 is 1. The number of nitrogens with zero attached hydrogens (tertiary/aromatic N) is 2. The van der Waals surface area contributed by atoms with Crippen LogP contribution < -0.4 is 20.7 Å². The summed E-state index contributed by atoms with van der Waals surface area (Å²) in [6.45, 7) is 1.99. The molecular weight excluding hydrogens is 350 g/mol. The van der Waals surface area contributed by atoms with Crippen LogP contribution in [0.5, 0.6) is 5.75 Å². The SMILES string of the molecule is COc1ccc(NC(=O)Cn2cc(NC(=O)CC3COCCN3)cn2)cc1. The molecule has 0 saturated carbocycles. The largest absolute Gasteiger partial charge is 0.497 e. The summed E-state index contributed by atoms with van der Waals surface area (Å²) in [4.78, 5) is 24.2. The average molecular weight is 373 g/mol. The number of hydrogen-bond acceptors (Lipinski definition) is 6. The predicted octanol–water partition coefficient (Wildman–Crippen LogP) is 0.847. The van der Waals surface area contributed by atoms with E-state index in [0.29, 0.717) is 31.0 Å². The van der Waals surface area contributed by atoms with E-state index in [2.05, 4.69) is 21.0 Å². The van der Waals surface area contributed by atoms with E-state index in [4.69, 9.17) is 9.47 Å². The van der Waals surface area contributed by atoms with Crippen molar-refractivity contribution in [3.05, 3.63) is 36.7 Å². The highest BCUT2D eigenvalue weighted by Gasteiger charge is 2.17. The highest BCUT2D eigenvalue weighted by Crippen LogP contribution is 2.15. The number of carbonyl (C=O) groups excluding carboxylic acids is 2. The van der Waals surface area contributed by atoms with E-state index in [1.807, 2.05) is 0 Å². The van der Waals surface area contributed by atoms with E-state index in [9.17, 15) is 9.59 Å². The van der Waals surface area contributed by atoms with Crippen LogP contribution in [-0.2, 0) is 20.9 Å². The third kappa shape index (κ3) is 5.80. The Morgan fingerprint density at radius 2 is 2.04 bits per heavy atom. The van der Waals surface area contributed by atoms with Gasteiger partial charge in [0.1, 0.15) is 12.3 Å². The Labute approximate surface area is 157 Å². The van der Waals surface area contributed by atoms with Gasteiger partial charge in [0.15, 0.2) is 0 Å².